The van der Waals surface area contributed by atoms with E-state index in [2.05, 4.69) is 6.92 Å². The monoisotopic (exact) mass is 397 g/mol. The van der Waals surface area contributed by atoms with Crippen molar-refractivity contribution in [2.24, 2.45) is 0 Å². The summed E-state index contributed by atoms with van der Waals surface area (Å²) in [6.45, 7) is 2.69. The molecule has 3 rings (SSSR count). The van der Waals surface area contributed by atoms with E-state index in [1.807, 2.05) is 30.3 Å². The molecule has 6 heteroatoms. The summed E-state index contributed by atoms with van der Waals surface area (Å²) in [7, 11) is 0. The van der Waals surface area contributed by atoms with Crippen LogP contribution < -0.4 is 4.90 Å². The number of benzene rings is 2. The molecule has 1 heterocycles. The second-order valence-electron chi connectivity index (χ2n) is 6.77. The summed E-state index contributed by atoms with van der Waals surface area (Å²) in [6, 6.07) is 12.5. The number of anilines is 1. The zero-order chi connectivity index (χ0) is 20.1. The molecule has 1 N–H and O–H groups in total. The number of hydrogen-bond donors (Lipinski definition) is 1. The molecule has 28 heavy (non-hydrogen) atoms. The number of rotatable bonds is 9. The van der Waals surface area contributed by atoms with Gasteiger partial charge in [-0.2, -0.15) is 0 Å². The number of carboxylic acids is 1. The lowest BCUT2D eigenvalue weighted by Gasteiger charge is -2.16. The maximum Gasteiger partial charge on any atom is 0.335 e. The zero-order valence-corrected chi connectivity index (χ0v) is 16.6. The van der Waals surface area contributed by atoms with Crippen LogP contribution >= 0.6 is 11.8 Å². The number of Topliss-reactive ketones (excluding diaryl/α,β-unsaturated/α-hetero) is 1. The zero-order valence-electron chi connectivity index (χ0n) is 15.8. The van der Waals surface area contributed by atoms with E-state index >= 15 is 0 Å². The molecule has 146 valence electrons. The predicted molar refractivity (Wildman–Crippen MR) is 110 cm³/mol. The highest BCUT2D eigenvalue weighted by Gasteiger charge is 2.35. The lowest BCUT2D eigenvalue weighted by molar-refractivity contribution is -0.114. The fourth-order valence-corrected chi connectivity index (χ4v) is 4.15. The minimum absolute atomic E-state index is 0.279. The van der Waals surface area contributed by atoms with E-state index in [0.29, 0.717) is 12.1 Å². The van der Waals surface area contributed by atoms with E-state index in [9.17, 15) is 14.4 Å². The maximum absolute atomic E-state index is 12.3. The number of carboxylic acid groups (broad SMARTS) is 1. The largest absolute Gasteiger partial charge is 0.478 e. The van der Waals surface area contributed by atoms with Gasteiger partial charge in [0, 0.05) is 17.2 Å². The van der Waals surface area contributed by atoms with Crippen LogP contribution in [0.1, 0.15) is 52.5 Å². The molecule has 0 atom stereocenters. The van der Waals surface area contributed by atoms with Crippen LogP contribution in [0.15, 0.2) is 47.4 Å². The Bertz CT molecular complexity index is 892. The molecule has 2 aromatic carbocycles. The number of aryl methyl sites for hydroxylation is 1. The molecule has 0 spiro atoms. The Hall–Kier alpha value is -2.60. The van der Waals surface area contributed by atoms with Gasteiger partial charge in [-0.3, -0.25) is 9.59 Å². The van der Waals surface area contributed by atoms with Crippen molar-refractivity contribution >= 4 is 35.1 Å². The van der Waals surface area contributed by atoms with Crippen molar-refractivity contribution in [2.75, 3.05) is 17.2 Å². The molecule has 1 aliphatic rings. The summed E-state index contributed by atoms with van der Waals surface area (Å²) in [5, 5.41) is 8.94. The number of amides is 1. The van der Waals surface area contributed by atoms with Crippen molar-refractivity contribution in [2.45, 2.75) is 37.5 Å². The van der Waals surface area contributed by atoms with Crippen LogP contribution in [0.3, 0.4) is 0 Å². The first-order chi connectivity index (χ1) is 13.5. The van der Waals surface area contributed by atoms with Crippen LogP contribution in [0.25, 0.3) is 0 Å². The number of aromatic carboxylic acids is 1. The molecule has 1 amide bonds. The van der Waals surface area contributed by atoms with Gasteiger partial charge in [-0.1, -0.05) is 31.9 Å². The van der Waals surface area contributed by atoms with E-state index < -0.39 is 17.7 Å². The second-order valence-corrected chi connectivity index (χ2v) is 7.94. The van der Waals surface area contributed by atoms with Gasteiger partial charge in [-0.15, -0.1) is 11.8 Å². The standard InChI is InChI=1S/C22H23NO4S/c1-2-3-4-12-23-19-10-9-17(14-18(19)20(24)21(23)25)28-13-11-15-5-7-16(8-6-15)22(26)27/h5-10,14H,2-4,11-13H2,1H3,(H,26,27). The van der Waals surface area contributed by atoms with E-state index in [-0.39, 0.29) is 5.56 Å². The van der Waals surface area contributed by atoms with E-state index in [1.165, 1.54) is 0 Å². The summed E-state index contributed by atoms with van der Waals surface area (Å²) in [6.07, 6.45) is 3.79. The molecule has 0 saturated heterocycles. The van der Waals surface area contributed by atoms with Gasteiger partial charge in [-0.25, -0.2) is 4.79 Å². The molecule has 0 unspecified atom stereocenters. The topological polar surface area (TPSA) is 74.7 Å². The fourth-order valence-electron chi connectivity index (χ4n) is 3.21. The second kappa shape index (κ2) is 9.06. The minimum atomic E-state index is -0.929. The quantitative estimate of drug-likeness (QED) is 0.385. The number of carbonyl (C=O) groups excluding carboxylic acids is 2. The van der Waals surface area contributed by atoms with Gasteiger partial charge < -0.3 is 10.0 Å². The number of fused-ring (bicyclic) bond motifs is 1. The molecule has 0 bridgehead atoms. The first-order valence-electron chi connectivity index (χ1n) is 9.46. The molecular weight excluding hydrogens is 374 g/mol. The Kier molecular flexibility index (Phi) is 6.52. The van der Waals surface area contributed by atoms with Crippen LogP contribution in [0.2, 0.25) is 0 Å². The van der Waals surface area contributed by atoms with E-state index in [0.717, 1.165) is 47.6 Å². The molecule has 0 fully saturated rings. The highest BCUT2D eigenvalue weighted by Crippen LogP contribution is 2.33. The smallest absolute Gasteiger partial charge is 0.335 e. The summed E-state index contributed by atoms with van der Waals surface area (Å²) < 4.78 is 0. The van der Waals surface area contributed by atoms with Gasteiger partial charge in [0.05, 0.1) is 16.8 Å². The first kappa shape index (κ1) is 20.1. The van der Waals surface area contributed by atoms with Crippen LogP contribution in [0.5, 0.6) is 0 Å². The van der Waals surface area contributed by atoms with Crippen LogP contribution in [-0.2, 0) is 11.2 Å². The third kappa shape index (κ3) is 4.44. The predicted octanol–water partition coefficient (Wildman–Crippen LogP) is 4.44. The van der Waals surface area contributed by atoms with Gasteiger partial charge in [0.1, 0.15) is 0 Å². The molecule has 5 nitrogen and oxygen atoms in total. The highest BCUT2D eigenvalue weighted by atomic mass is 32.2. The summed E-state index contributed by atoms with van der Waals surface area (Å²) in [5.74, 6) is -0.972. The lowest BCUT2D eigenvalue weighted by Crippen LogP contribution is -2.30. The van der Waals surface area contributed by atoms with Crippen molar-refractivity contribution < 1.29 is 19.5 Å². The van der Waals surface area contributed by atoms with Gasteiger partial charge in [0.2, 0.25) is 0 Å². The maximum atomic E-state index is 12.3. The number of ketones is 1. The molecule has 2 aromatic rings. The number of nitrogens with zero attached hydrogens (tertiary/aromatic N) is 1. The molecule has 0 saturated carbocycles. The average molecular weight is 397 g/mol. The molecule has 0 aromatic heterocycles. The van der Waals surface area contributed by atoms with Crippen molar-refractivity contribution in [3.63, 3.8) is 0 Å². The number of thioether (sulfide) groups is 1. The normalized spacial score (nSPS) is 13.1. The van der Waals surface area contributed by atoms with E-state index in [1.54, 1.807) is 28.8 Å². The summed E-state index contributed by atoms with van der Waals surface area (Å²) >= 11 is 1.62. The lowest BCUT2D eigenvalue weighted by atomic mass is 10.1. The third-order valence-corrected chi connectivity index (χ3v) is 5.78. The SMILES string of the molecule is CCCCCN1C(=O)C(=O)c2cc(SCCc3ccc(C(=O)O)cc3)ccc21. The Balaban J connectivity index is 1.61. The number of hydrogen-bond acceptors (Lipinski definition) is 4. The Labute approximate surface area is 168 Å². The summed E-state index contributed by atoms with van der Waals surface area (Å²) in [4.78, 5) is 38.0. The van der Waals surface area contributed by atoms with Gasteiger partial charge in [-0.05, 0) is 48.7 Å². The molecule has 0 aliphatic carbocycles. The van der Waals surface area contributed by atoms with Crippen LogP contribution in [0.4, 0.5) is 5.69 Å². The van der Waals surface area contributed by atoms with Gasteiger partial charge >= 0.3 is 5.97 Å². The van der Waals surface area contributed by atoms with Crippen LogP contribution in [0, 0.1) is 0 Å². The Morgan fingerprint density at radius 1 is 1.07 bits per heavy atom. The molecular formula is C22H23NO4S. The molecule has 1 aliphatic heterocycles. The highest BCUT2D eigenvalue weighted by molar-refractivity contribution is 7.99. The fraction of sp³-hybridized carbons (Fsp3) is 0.318. The van der Waals surface area contributed by atoms with Crippen molar-refractivity contribution in [3.05, 3.63) is 59.2 Å². The van der Waals surface area contributed by atoms with Gasteiger partial charge in [0.25, 0.3) is 11.7 Å². The average Bonchev–Trinajstić information content (AvgIpc) is 2.93. The number of carbonyl (C=O) groups is 3. The Morgan fingerprint density at radius 2 is 1.82 bits per heavy atom. The van der Waals surface area contributed by atoms with Crippen LogP contribution in [-0.4, -0.2) is 35.1 Å². The Morgan fingerprint density at radius 3 is 2.50 bits per heavy atom. The van der Waals surface area contributed by atoms with Crippen molar-refractivity contribution in [1.82, 2.24) is 0 Å². The molecule has 0 radical (unpaired) electrons. The first-order valence-corrected chi connectivity index (χ1v) is 10.4. The third-order valence-electron chi connectivity index (χ3n) is 4.79. The van der Waals surface area contributed by atoms with Gasteiger partial charge in [0.15, 0.2) is 0 Å². The van der Waals surface area contributed by atoms with E-state index in [4.69, 9.17) is 5.11 Å². The minimum Gasteiger partial charge on any atom is -0.478 e. The number of unbranched alkanes of at least 4 members (excludes halogenated alkanes) is 2. The summed E-state index contributed by atoms with van der Waals surface area (Å²) in [5.41, 5.74) is 2.56. The van der Waals surface area contributed by atoms with Crippen molar-refractivity contribution in [1.29, 1.82) is 0 Å². The van der Waals surface area contributed by atoms with Crippen molar-refractivity contribution in [3.8, 4) is 0 Å².